The Bertz CT molecular complexity index is 1070. The average molecular weight is 814 g/mol. The molecule has 4 rings (SSSR count). The Hall–Kier alpha value is 0.0738. The monoisotopic (exact) mass is 814 g/mol. The Labute approximate surface area is 339 Å². The molecule has 0 aromatic heterocycles. The molecule has 0 aromatic rings. The van der Waals surface area contributed by atoms with Gasteiger partial charge in [-0.15, -0.1) is 0 Å². The van der Waals surface area contributed by atoms with Crippen LogP contribution in [0.25, 0.3) is 0 Å². The Balaban J connectivity index is 1.48. The van der Waals surface area contributed by atoms with E-state index in [1.165, 1.54) is 89.9 Å². The van der Waals surface area contributed by atoms with Gasteiger partial charge in [-0.05, 0) is 80.2 Å². The SMILES string of the molecule is CCCCCCCCO[C@H]1O[C@H](CO[C@H]2O[C@H](CN(CC3CCCCC3)CC3CCCCC3)[C@@H](O)[C@@H]2O)[C@@H](O[Si](C)(C)C(C)(C)C)[C@@H]1O[Si](C)(C)C(C)(C)C. The molecule has 2 aliphatic carbocycles. The van der Waals surface area contributed by atoms with Crippen LogP contribution < -0.4 is 0 Å². The lowest BCUT2D eigenvalue weighted by Crippen LogP contribution is -2.54. The zero-order valence-electron chi connectivity index (χ0n) is 37.4. The van der Waals surface area contributed by atoms with Crippen molar-refractivity contribution in [3.05, 3.63) is 0 Å². The quantitative estimate of drug-likeness (QED) is 0.0867. The lowest BCUT2D eigenvalue weighted by atomic mass is 9.86. The summed E-state index contributed by atoms with van der Waals surface area (Å²) in [5, 5.41) is 22.7. The van der Waals surface area contributed by atoms with E-state index < -0.39 is 65.8 Å². The van der Waals surface area contributed by atoms with Crippen molar-refractivity contribution < 1.29 is 38.0 Å². The molecule has 4 fully saturated rings. The maximum Gasteiger partial charge on any atom is 0.192 e. The highest BCUT2D eigenvalue weighted by molar-refractivity contribution is 6.74. The fourth-order valence-electron chi connectivity index (χ4n) is 8.48. The van der Waals surface area contributed by atoms with Crippen LogP contribution in [0.1, 0.15) is 151 Å². The first-order chi connectivity index (χ1) is 25.8. The van der Waals surface area contributed by atoms with Crippen LogP contribution in [0.2, 0.25) is 36.3 Å². The normalized spacial score (nSPS) is 30.9. The Kier molecular flexibility index (Phi) is 18.7. The predicted molar refractivity (Wildman–Crippen MR) is 228 cm³/mol. The number of nitrogens with zero attached hydrogens (tertiary/aromatic N) is 1. The van der Waals surface area contributed by atoms with Gasteiger partial charge in [0.2, 0.25) is 0 Å². The molecule has 0 aromatic carbocycles. The molecular weight excluding hydrogens is 727 g/mol. The molecule has 0 spiro atoms. The van der Waals surface area contributed by atoms with Crippen molar-refractivity contribution in [3.63, 3.8) is 0 Å². The summed E-state index contributed by atoms with van der Waals surface area (Å²) in [7, 11) is -4.56. The summed E-state index contributed by atoms with van der Waals surface area (Å²) in [6.07, 6.45) is 14.7. The van der Waals surface area contributed by atoms with Crippen molar-refractivity contribution in [2.75, 3.05) is 32.8 Å². The van der Waals surface area contributed by atoms with E-state index in [0.717, 1.165) is 25.9 Å². The molecule has 324 valence electrons. The molecule has 2 N–H and O–H groups in total. The third-order valence-electron chi connectivity index (χ3n) is 14.2. The van der Waals surface area contributed by atoms with Crippen molar-refractivity contribution in [1.29, 1.82) is 0 Å². The van der Waals surface area contributed by atoms with Crippen molar-refractivity contribution >= 4 is 16.6 Å². The third kappa shape index (κ3) is 14.1. The minimum atomic E-state index is -2.30. The van der Waals surface area contributed by atoms with E-state index in [9.17, 15) is 10.2 Å². The number of rotatable bonds is 21. The van der Waals surface area contributed by atoms with E-state index in [-0.39, 0.29) is 16.7 Å². The summed E-state index contributed by atoms with van der Waals surface area (Å²) in [5.41, 5.74) is 0. The van der Waals surface area contributed by atoms with Crippen LogP contribution in [0, 0.1) is 11.8 Å². The minimum Gasteiger partial charge on any atom is -0.408 e. The van der Waals surface area contributed by atoms with Gasteiger partial charge in [0.15, 0.2) is 29.2 Å². The zero-order chi connectivity index (χ0) is 40.4. The second-order valence-corrected chi connectivity index (χ2v) is 30.5. The molecule has 2 aliphatic heterocycles. The van der Waals surface area contributed by atoms with Crippen molar-refractivity contribution in [2.45, 2.75) is 237 Å². The number of aliphatic hydroxyl groups excluding tert-OH is 2. The van der Waals surface area contributed by atoms with Gasteiger partial charge < -0.3 is 42.9 Å². The molecule has 0 amide bonds. The van der Waals surface area contributed by atoms with Crippen LogP contribution >= 0.6 is 0 Å². The maximum absolute atomic E-state index is 11.4. The van der Waals surface area contributed by atoms with Gasteiger partial charge in [-0.1, -0.05) is 119 Å². The molecule has 0 radical (unpaired) electrons. The summed E-state index contributed by atoms with van der Waals surface area (Å²) < 4.78 is 40.6. The van der Waals surface area contributed by atoms with Crippen LogP contribution in [0.15, 0.2) is 0 Å². The number of hydrogen-bond donors (Lipinski definition) is 2. The molecule has 55 heavy (non-hydrogen) atoms. The number of aliphatic hydroxyl groups is 2. The molecule has 0 unspecified atom stereocenters. The molecule has 8 atom stereocenters. The third-order valence-corrected chi connectivity index (χ3v) is 23.1. The fourth-order valence-corrected chi connectivity index (χ4v) is 11.1. The maximum atomic E-state index is 11.4. The number of unbranched alkanes of at least 4 members (excludes halogenated alkanes) is 5. The van der Waals surface area contributed by atoms with E-state index in [4.69, 9.17) is 27.8 Å². The standard InChI is InChI=1S/C44H87NO8Si2/c1-12-13-14-15-16-23-28-48-42-40(53-55(10,11)44(5,6)7)39(52-54(8,9)43(2,3)4)36(51-42)32-49-41-38(47)37(46)35(50-41)31-45(29-33-24-19-17-20-25-33)30-34-26-21-18-22-27-34/h33-42,46-47H,12-32H2,1-11H3/t35-,36-,37-,38+,39-,40+,41+,42+/m1/s1. The lowest BCUT2D eigenvalue weighted by Gasteiger charge is -2.44. The molecule has 4 aliphatic rings. The van der Waals surface area contributed by atoms with Gasteiger partial charge in [0.05, 0.1) is 6.61 Å². The van der Waals surface area contributed by atoms with E-state index in [2.05, 4.69) is 79.6 Å². The highest BCUT2D eigenvalue weighted by Crippen LogP contribution is 2.44. The molecule has 2 saturated heterocycles. The summed E-state index contributed by atoms with van der Waals surface area (Å²) in [6, 6.07) is 0. The van der Waals surface area contributed by atoms with Gasteiger partial charge in [0.25, 0.3) is 0 Å². The highest BCUT2D eigenvalue weighted by Gasteiger charge is 2.55. The van der Waals surface area contributed by atoms with Gasteiger partial charge >= 0.3 is 0 Å². The zero-order valence-corrected chi connectivity index (χ0v) is 39.4. The van der Waals surface area contributed by atoms with Crippen molar-refractivity contribution in [1.82, 2.24) is 4.90 Å². The smallest absolute Gasteiger partial charge is 0.192 e. The first kappa shape index (κ1) is 47.7. The van der Waals surface area contributed by atoms with Crippen LogP contribution in [-0.4, -0.2) is 114 Å². The largest absolute Gasteiger partial charge is 0.408 e. The number of hydrogen-bond acceptors (Lipinski definition) is 9. The Morgan fingerprint density at radius 1 is 0.582 bits per heavy atom. The van der Waals surface area contributed by atoms with E-state index in [1.807, 2.05) is 0 Å². The fraction of sp³-hybridized carbons (Fsp3) is 1.00. The van der Waals surface area contributed by atoms with Crippen molar-refractivity contribution in [2.24, 2.45) is 11.8 Å². The van der Waals surface area contributed by atoms with Crippen LogP contribution in [0.3, 0.4) is 0 Å². The second-order valence-electron chi connectivity index (χ2n) is 21.0. The summed E-state index contributed by atoms with van der Waals surface area (Å²) in [5.74, 6) is 1.39. The van der Waals surface area contributed by atoms with Crippen LogP contribution in [0.4, 0.5) is 0 Å². The molecule has 11 heteroatoms. The predicted octanol–water partition coefficient (Wildman–Crippen LogP) is 9.80. The minimum absolute atomic E-state index is 0.0122. The number of ether oxygens (including phenoxy) is 4. The average Bonchev–Trinajstić information content (AvgIpc) is 3.56. The van der Waals surface area contributed by atoms with Crippen molar-refractivity contribution in [3.8, 4) is 0 Å². The molecule has 2 heterocycles. The van der Waals surface area contributed by atoms with Crippen LogP contribution in [0.5, 0.6) is 0 Å². The highest BCUT2D eigenvalue weighted by atomic mass is 28.4. The van der Waals surface area contributed by atoms with E-state index in [1.54, 1.807) is 0 Å². The van der Waals surface area contributed by atoms with Gasteiger partial charge in [-0.3, -0.25) is 0 Å². The van der Waals surface area contributed by atoms with E-state index >= 15 is 0 Å². The van der Waals surface area contributed by atoms with Gasteiger partial charge in [0.1, 0.15) is 36.6 Å². The lowest BCUT2D eigenvalue weighted by molar-refractivity contribution is -0.204. The summed E-state index contributed by atoms with van der Waals surface area (Å²) >= 11 is 0. The summed E-state index contributed by atoms with van der Waals surface area (Å²) in [6.45, 7) is 28.3. The Morgan fingerprint density at radius 3 is 1.60 bits per heavy atom. The first-order valence-corrected chi connectivity index (χ1v) is 28.6. The molecule has 0 bridgehead atoms. The topological polar surface area (TPSA) is 99.1 Å². The van der Waals surface area contributed by atoms with Gasteiger partial charge in [-0.2, -0.15) is 0 Å². The summed E-state index contributed by atoms with van der Waals surface area (Å²) in [4.78, 5) is 2.55. The molecule has 2 saturated carbocycles. The van der Waals surface area contributed by atoms with E-state index in [0.29, 0.717) is 25.0 Å². The van der Waals surface area contributed by atoms with Gasteiger partial charge in [0, 0.05) is 26.2 Å². The Morgan fingerprint density at radius 2 is 1.07 bits per heavy atom. The first-order valence-electron chi connectivity index (χ1n) is 22.8. The second kappa shape index (κ2) is 21.5. The molecule has 9 nitrogen and oxygen atoms in total. The van der Waals surface area contributed by atoms with Crippen LogP contribution in [-0.2, 0) is 27.8 Å². The van der Waals surface area contributed by atoms with Gasteiger partial charge in [-0.25, -0.2) is 0 Å². The molecular formula is C44H87NO8Si2.